The summed E-state index contributed by atoms with van der Waals surface area (Å²) < 4.78 is 9.39. The number of hydrogen-bond donors (Lipinski definition) is 1. The Hall–Kier alpha value is -5.38. The first kappa shape index (κ1) is 30.1. The molecule has 0 aliphatic carbocycles. The van der Waals surface area contributed by atoms with Crippen molar-refractivity contribution in [3.05, 3.63) is 128 Å². The second-order valence-corrected chi connectivity index (χ2v) is 10.7. The minimum atomic E-state index is -0.367. The molecule has 0 amide bonds. The number of nitrogens with two attached hydrogens (primary N) is 1. The molecule has 10 nitrogen and oxygen atoms in total. The Bertz CT molecular complexity index is 1670. The lowest BCUT2D eigenvalue weighted by Crippen LogP contribution is -2.19. The van der Waals surface area contributed by atoms with Crippen LogP contribution < -0.4 is 15.5 Å². The number of nitrogens with zero attached hydrogens (tertiary/aromatic N) is 3. The number of hydrogen-bond acceptors (Lipinski definition) is 9. The zero-order valence-corrected chi connectivity index (χ0v) is 24.7. The van der Waals surface area contributed by atoms with Gasteiger partial charge >= 0.3 is 11.9 Å². The summed E-state index contributed by atoms with van der Waals surface area (Å²) in [5.74, 6) is -0.654. The van der Waals surface area contributed by atoms with Crippen LogP contribution in [0.5, 0.6) is 0 Å². The Labute approximate surface area is 255 Å². The van der Waals surface area contributed by atoms with Gasteiger partial charge in [0.15, 0.2) is 0 Å². The quantitative estimate of drug-likeness (QED) is 0.127. The molecular formula is C34H34N4O6. The van der Waals surface area contributed by atoms with Gasteiger partial charge in [0.25, 0.3) is 5.69 Å². The minimum absolute atomic E-state index is 0.132. The molecule has 226 valence electrons. The smallest absolute Gasteiger partial charge is 0.337 e. The number of nitrogen functional groups attached to an aromatic ring is 1. The van der Waals surface area contributed by atoms with E-state index >= 15 is 0 Å². The van der Waals surface area contributed by atoms with E-state index in [1.807, 2.05) is 36.4 Å². The number of anilines is 3. The van der Waals surface area contributed by atoms with Crippen molar-refractivity contribution in [3.8, 4) is 0 Å². The second kappa shape index (κ2) is 13.3. The lowest BCUT2D eigenvalue weighted by Gasteiger charge is -2.19. The van der Waals surface area contributed by atoms with E-state index in [0.717, 1.165) is 55.0 Å². The van der Waals surface area contributed by atoms with Crippen LogP contribution in [0.25, 0.3) is 0 Å². The summed E-state index contributed by atoms with van der Waals surface area (Å²) in [4.78, 5) is 37.8. The number of non-ortho nitro benzene ring substituents is 1. The largest absolute Gasteiger partial charge is 0.465 e. The molecule has 0 radical (unpaired) electrons. The number of methoxy groups -OCH3 is 2. The fourth-order valence-corrected chi connectivity index (χ4v) is 5.56. The highest BCUT2D eigenvalue weighted by atomic mass is 16.6. The molecule has 4 aromatic carbocycles. The monoisotopic (exact) mass is 594 g/mol. The predicted octanol–water partition coefficient (Wildman–Crippen LogP) is 5.56. The molecule has 0 aromatic heterocycles. The number of benzene rings is 4. The summed E-state index contributed by atoms with van der Waals surface area (Å²) in [7, 11) is 2.75. The Balaban J connectivity index is 0.000000175. The summed E-state index contributed by atoms with van der Waals surface area (Å²) in [6, 6.07) is 25.9. The maximum atomic E-state index is 11.4. The van der Waals surface area contributed by atoms with E-state index in [4.69, 9.17) is 10.5 Å². The fourth-order valence-electron chi connectivity index (χ4n) is 5.56. The van der Waals surface area contributed by atoms with Crippen molar-refractivity contribution in [3.63, 3.8) is 0 Å². The topological polar surface area (TPSA) is 128 Å². The minimum Gasteiger partial charge on any atom is -0.465 e. The lowest BCUT2D eigenvalue weighted by molar-refractivity contribution is -0.384. The van der Waals surface area contributed by atoms with Gasteiger partial charge in [-0.05, 0) is 83.6 Å². The van der Waals surface area contributed by atoms with Crippen LogP contribution in [0.1, 0.15) is 43.0 Å². The van der Waals surface area contributed by atoms with Gasteiger partial charge < -0.3 is 25.0 Å². The summed E-state index contributed by atoms with van der Waals surface area (Å²) in [6.45, 7) is 3.36. The molecule has 2 aliphatic rings. The standard InChI is InChI=1S/C17H16N2O4.C17H18N2O2/c1-23-17(20)13-4-2-12(3-5-13)11-18-9-8-14-10-15(19(21)22)6-7-16(14)18;1-21-17(20)13-4-2-12(3-5-13)11-19-9-8-14-10-15(18)6-7-16(14)19/h2-7,10H,8-9,11H2,1H3;2-7,10H,8-9,11,18H2,1H3. The fraction of sp³-hybridized carbons (Fsp3) is 0.235. The van der Waals surface area contributed by atoms with Gasteiger partial charge in [-0.3, -0.25) is 10.1 Å². The molecule has 2 N–H and O–H groups in total. The molecule has 2 heterocycles. The number of nitro groups is 1. The van der Waals surface area contributed by atoms with E-state index < -0.39 is 0 Å². The second-order valence-electron chi connectivity index (χ2n) is 10.7. The molecule has 0 atom stereocenters. The molecule has 0 spiro atoms. The van der Waals surface area contributed by atoms with Gasteiger partial charge in [-0.2, -0.15) is 0 Å². The maximum Gasteiger partial charge on any atom is 0.337 e. The Morgan fingerprint density at radius 3 is 1.64 bits per heavy atom. The SMILES string of the molecule is COC(=O)c1ccc(CN2CCc3cc(N)ccc32)cc1.COC(=O)c1ccc(CN2CCc3cc([N+](=O)[O-])ccc32)cc1. The van der Waals surface area contributed by atoms with Crippen LogP contribution in [0.3, 0.4) is 0 Å². The van der Waals surface area contributed by atoms with Gasteiger partial charge in [-0.25, -0.2) is 9.59 Å². The van der Waals surface area contributed by atoms with Gasteiger partial charge in [-0.15, -0.1) is 0 Å². The zero-order valence-electron chi connectivity index (χ0n) is 24.7. The Kier molecular flexibility index (Phi) is 9.09. The van der Waals surface area contributed by atoms with E-state index in [1.165, 1.54) is 37.1 Å². The highest BCUT2D eigenvalue weighted by Crippen LogP contribution is 2.33. The van der Waals surface area contributed by atoms with Gasteiger partial charge in [0.1, 0.15) is 0 Å². The molecule has 44 heavy (non-hydrogen) atoms. The van der Waals surface area contributed by atoms with Crippen molar-refractivity contribution in [1.29, 1.82) is 0 Å². The van der Waals surface area contributed by atoms with E-state index in [9.17, 15) is 19.7 Å². The average Bonchev–Trinajstić information content (AvgIpc) is 3.64. The predicted molar refractivity (Wildman–Crippen MR) is 169 cm³/mol. The molecular weight excluding hydrogens is 560 g/mol. The van der Waals surface area contributed by atoms with Crippen LogP contribution in [0.2, 0.25) is 0 Å². The van der Waals surface area contributed by atoms with Crippen LogP contribution in [0, 0.1) is 10.1 Å². The lowest BCUT2D eigenvalue weighted by atomic mass is 10.1. The van der Waals surface area contributed by atoms with E-state index in [2.05, 4.69) is 26.7 Å². The van der Waals surface area contributed by atoms with Gasteiger partial charge in [0, 0.05) is 55.4 Å². The van der Waals surface area contributed by atoms with Crippen LogP contribution in [0.4, 0.5) is 22.7 Å². The first-order valence-corrected chi connectivity index (χ1v) is 14.3. The molecule has 10 heteroatoms. The van der Waals surface area contributed by atoms with E-state index in [-0.39, 0.29) is 22.5 Å². The molecule has 0 saturated heterocycles. The van der Waals surface area contributed by atoms with Crippen molar-refractivity contribution in [2.24, 2.45) is 0 Å². The summed E-state index contributed by atoms with van der Waals surface area (Å²) in [5.41, 5.74) is 14.7. The highest BCUT2D eigenvalue weighted by molar-refractivity contribution is 5.89. The summed E-state index contributed by atoms with van der Waals surface area (Å²) in [6.07, 6.45) is 1.83. The number of carbonyl (C=O) groups is 2. The van der Waals surface area contributed by atoms with Crippen molar-refractivity contribution < 1.29 is 24.0 Å². The van der Waals surface area contributed by atoms with Crippen LogP contribution in [0.15, 0.2) is 84.9 Å². The van der Waals surface area contributed by atoms with Crippen molar-refractivity contribution in [2.75, 3.05) is 42.8 Å². The molecule has 0 fully saturated rings. The number of rotatable bonds is 7. The molecule has 0 bridgehead atoms. The van der Waals surface area contributed by atoms with Gasteiger partial charge in [0.2, 0.25) is 0 Å². The highest BCUT2D eigenvalue weighted by Gasteiger charge is 2.22. The summed E-state index contributed by atoms with van der Waals surface area (Å²) >= 11 is 0. The third-order valence-electron chi connectivity index (χ3n) is 7.86. The normalized spacial score (nSPS) is 13.0. The van der Waals surface area contributed by atoms with Crippen LogP contribution >= 0.6 is 0 Å². The van der Waals surface area contributed by atoms with Crippen molar-refractivity contribution in [1.82, 2.24) is 0 Å². The van der Waals surface area contributed by atoms with E-state index in [0.29, 0.717) is 17.7 Å². The Morgan fingerprint density at radius 1 is 0.727 bits per heavy atom. The third-order valence-corrected chi connectivity index (χ3v) is 7.86. The average molecular weight is 595 g/mol. The molecule has 4 aromatic rings. The van der Waals surface area contributed by atoms with Crippen LogP contribution in [-0.2, 0) is 35.4 Å². The Morgan fingerprint density at radius 2 is 1.18 bits per heavy atom. The number of nitro benzene ring substituents is 1. The first-order chi connectivity index (χ1) is 21.2. The number of ether oxygens (including phenoxy) is 2. The number of esters is 2. The number of carbonyl (C=O) groups excluding carboxylic acids is 2. The van der Waals surface area contributed by atoms with E-state index in [1.54, 1.807) is 30.3 Å². The molecule has 0 unspecified atom stereocenters. The first-order valence-electron chi connectivity index (χ1n) is 14.3. The molecule has 0 saturated carbocycles. The van der Waals surface area contributed by atoms with Crippen molar-refractivity contribution in [2.45, 2.75) is 25.9 Å². The third kappa shape index (κ3) is 6.81. The van der Waals surface area contributed by atoms with Crippen LogP contribution in [-0.4, -0.2) is 44.2 Å². The maximum absolute atomic E-state index is 11.4. The van der Waals surface area contributed by atoms with Gasteiger partial charge in [-0.1, -0.05) is 24.3 Å². The van der Waals surface area contributed by atoms with Gasteiger partial charge in [0.05, 0.1) is 30.3 Å². The molecule has 6 rings (SSSR count). The number of fused-ring (bicyclic) bond motifs is 2. The molecule has 2 aliphatic heterocycles. The van der Waals surface area contributed by atoms with Crippen molar-refractivity contribution >= 4 is 34.7 Å². The summed E-state index contributed by atoms with van der Waals surface area (Å²) in [5, 5.41) is 10.8. The zero-order chi connectivity index (χ0) is 31.2.